The number of nitro benzene ring substituents is 1. The van der Waals surface area contributed by atoms with Gasteiger partial charge >= 0.3 is 0 Å². The second-order valence-corrected chi connectivity index (χ2v) is 4.75. The van der Waals surface area contributed by atoms with E-state index in [-0.39, 0.29) is 23.9 Å². The molecule has 1 rings (SSSR count). The molecule has 0 bridgehead atoms. The van der Waals surface area contributed by atoms with E-state index in [4.69, 9.17) is 5.26 Å². The van der Waals surface area contributed by atoms with Gasteiger partial charge in [0.1, 0.15) is 11.6 Å². The molecule has 0 aromatic heterocycles. The Morgan fingerprint density at radius 2 is 2.21 bits per heavy atom. The molecule has 0 radical (unpaired) electrons. The maximum absolute atomic E-state index is 10.7. The number of nitriles is 1. The predicted octanol–water partition coefficient (Wildman–Crippen LogP) is 2.29. The zero-order chi connectivity index (χ0) is 14.4. The van der Waals surface area contributed by atoms with Crippen LogP contribution < -0.4 is 5.32 Å². The van der Waals surface area contributed by atoms with Crippen LogP contribution in [0.1, 0.15) is 25.8 Å². The van der Waals surface area contributed by atoms with Crippen LogP contribution in [0.25, 0.3) is 0 Å². The summed E-state index contributed by atoms with van der Waals surface area (Å²) < 4.78 is 0. The van der Waals surface area contributed by atoms with Crippen LogP contribution in [0.2, 0.25) is 0 Å². The van der Waals surface area contributed by atoms with Gasteiger partial charge in [0.05, 0.1) is 11.5 Å². The Hall–Kier alpha value is -2.13. The molecule has 0 fully saturated rings. The lowest BCUT2D eigenvalue weighted by molar-refractivity contribution is -0.385. The summed E-state index contributed by atoms with van der Waals surface area (Å²) in [6, 6.07) is 5.95. The summed E-state index contributed by atoms with van der Waals surface area (Å²) in [5.74, 6) is 0.415. The molecule has 102 valence electrons. The van der Waals surface area contributed by atoms with E-state index in [1.807, 2.05) is 13.8 Å². The number of aliphatic hydroxyl groups excluding tert-OH is 1. The first-order chi connectivity index (χ1) is 8.97. The number of benzene rings is 1. The Bertz CT molecular complexity index is 494. The predicted molar refractivity (Wildman–Crippen MR) is 71.8 cm³/mol. The van der Waals surface area contributed by atoms with E-state index in [0.29, 0.717) is 11.6 Å². The van der Waals surface area contributed by atoms with Gasteiger partial charge in [-0.25, -0.2) is 0 Å². The number of nitro groups is 1. The van der Waals surface area contributed by atoms with Crippen LogP contribution in [-0.4, -0.2) is 22.7 Å². The van der Waals surface area contributed by atoms with Crippen LogP contribution in [0.3, 0.4) is 0 Å². The molecule has 0 aliphatic rings. The number of hydrogen-bond acceptors (Lipinski definition) is 5. The van der Waals surface area contributed by atoms with Gasteiger partial charge < -0.3 is 10.4 Å². The maximum Gasteiger partial charge on any atom is 0.287 e. The third-order valence-electron chi connectivity index (χ3n) is 2.66. The highest BCUT2D eigenvalue weighted by Crippen LogP contribution is 2.23. The average Bonchev–Trinajstić information content (AvgIpc) is 2.36. The second kappa shape index (κ2) is 6.71. The Balaban J connectivity index is 2.91. The van der Waals surface area contributed by atoms with Crippen LogP contribution in [-0.2, 0) is 0 Å². The smallest absolute Gasteiger partial charge is 0.287 e. The molecular formula is C13H17N3O3. The van der Waals surface area contributed by atoms with Crippen molar-refractivity contribution in [2.75, 3.05) is 11.9 Å². The van der Waals surface area contributed by atoms with Crippen LogP contribution in [0.4, 0.5) is 11.4 Å². The zero-order valence-electron chi connectivity index (χ0n) is 11.0. The van der Waals surface area contributed by atoms with Crippen molar-refractivity contribution >= 4 is 11.4 Å². The van der Waals surface area contributed by atoms with E-state index < -0.39 is 4.92 Å². The number of nitrogens with zero attached hydrogens (tertiary/aromatic N) is 2. The van der Waals surface area contributed by atoms with E-state index in [1.54, 1.807) is 12.1 Å². The van der Waals surface area contributed by atoms with E-state index in [0.717, 1.165) is 6.42 Å². The highest BCUT2D eigenvalue weighted by atomic mass is 16.6. The fourth-order valence-corrected chi connectivity index (χ4v) is 1.86. The van der Waals surface area contributed by atoms with Crippen molar-refractivity contribution < 1.29 is 10.0 Å². The van der Waals surface area contributed by atoms with Gasteiger partial charge in [0.25, 0.3) is 5.69 Å². The van der Waals surface area contributed by atoms with Gasteiger partial charge in [0.2, 0.25) is 0 Å². The molecule has 0 saturated carbocycles. The fourth-order valence-electron chi connectivity index (χ4n) is 1.86. The summed E-state index contributed by atoms with van der Waals surface area (Å²) in [4.78, 5) is 10.1. The van der Waals surface area contributed by atoms with Crippen molar-refractivity contribution in [1.29, 1.82) is 5.26 Å². The van der Waals surface area contributed by atoms with Gasteiger partial charge in [-0.15, -0.1) is 0 Å². The van der Waals surface area contributed by atoms with Crippen LogP contribution >= 0.6 is 0 Å². The van der Waals surface area contributed by atoms with Gasteiger partial charge in [-0.1, -0.05) is 13.8 Å². The lowest BCUT2D eigenvalue weighted by Crippen LogP contribution is -2.25. The molecule has 0 heterocycles. The molecule has 0 aliphatic heterocycles. The summed E-state index contributed by atoms with van der Waals surface area (Å²) in [5, 5.41) is 32.0. The van der Waals surface area contributed by atoms with Gasteiger partial charge in [0.15, 0.2) is 0 Å². The van der Waals surface area contributed by atoms with Gasteiger partial charge in [0, 0.05) is 17.8 Å². The van der Waals surface area contributed by atoms with Gasteiger partial charge in [-0.05, 0) is 24.5 Å². The van der Waals surface area contributed by atoms with E-state index in [2.05, 4.69) is 5.32 Å². The largest absolute Gasteiger partial charge is 0.394 e. The first-order valence-electron chi connectivity index (χ1n) is 6.03. The minimum Gasteiger partial charge on any atom is -0.394 e. The SMILES string of the molecule is CC(C)CC(CO)Nc1ccc([N+](=O)[O-])c(C#N)c1. The molecule has 1 aromatic rings. The Morgan fingerprint density at radius 3 is 2.68 bits per heavy atom. The zero-order valence-corrected chi connectivity index (χ0v) is 11.0. The number of rotatable bonds is 6. The summed E-state index contributed by atoms with van der Waals surface area (Å²) in [7, 11) is 0. The lowest BCUT2D eigenvalue weighted by Gasteiger charge is -2.19. The fraction of sp³-hybridized carbons (Fsp3) is 0.462. The number of anilines is 1. The molecular weight excluding hydrogens is 246 g/mol. The third kappa shape index (κ3) is 4.23. The first kappa shape index (κ1) is 14.9. The minimum absolute atomic E-state index is 0.0104. The number of hydrogen-bond donors (Lipinski definition) is 2. The summed E-state index contributed by atoms with van der Waals surface area (Å²) in [6.45, 7) is 4.05. The van der Waals surface area contributed by atoms with Crippen molar-refractivity contribution in [3.63, 3.8) is 0 Å². The summed E-state index contributed by atoms with van der Waals surface area (Å²) in [6.07, 6.45) is 0.773. The van der Waals surface area contributed by atoms with Crippen molar-refractivity contribution in [1.82, 2.24) is 0 Å². The Morgan fingerprint density at radius 1 is 1.53 bits per heavy atom. The third-order valence-corrected chi connectivity index (χ3v) is 2.66. The van der Waals surface area contributed by atoms with E-state index in [1.165, 1.54) is 12.1 Å². The molecule has 0 spiro atoms. The lowest BCUT2D eigenvalue weighted by atomic mass is 10.0. The highest BCUT2D eigenvalue weighted by Gasteiger charge is 2.15. The topological polar surface area (TPSA) is 99.2 Å². The number of aliphatic hydroxyl groups is 1. The van der Waals surface area contributed by atoms with E-state index in [9.17, 15) is 15.2 Å². The van der Waals surface area contributed by atoms with Crippen LogP contribution in [0, 0.1) is 27.4 Å². The molecule has 0 amide bonds. The van der Waals surface area contributed by atoms with Crippen molar-refractivity contribution in [2.45, 2.75) is 26.3 Å². The average molecular weight is 263 g/mol. The molecule has 6 heteroatoms. The Labute approximate surface area is 111 Å². The second-order valence-electron chi connectivity index (χ2n) is 4.75. The van der Waals surface area contributed by atoms with Crippen LogP contribution in [0.15, 0.2) is 18.2 Å². The standard InChI is InChI=1S/C13H17N3O3/c1-9(2)5-12(8-17)15-11-3-4-13(16(18)19)10(6-11)7-14/h3-4,6,9,12,15,17H,5,8H2,1-2H3. The van der Waals surface area contributed by atoms with Crippen molar-refractivity contribution in [3.05, 3.63) is 33.9 Å². The van der Waals surface area contributed by atoms with E-state index >= 15 is 0 Å². The van der Waals surface area contributed by atoms with Crippen molar-refractivity contribution in [2.24, 2.45) is 5.92 Å². The molecule has 0 saturated heterocycles. The summed E-state index contributed by atoms with van der Waals surface area (Å²) >= 11 is 0. The Kier molecular flexibility index (Phi) is 5.27. The highest BCUT2D eigenvalue weighted by molar-refractivity contribution is 5.59. The molecule has 1 unspecified atom stereocenters. The molecule has 1 aromatic carbocycles. The van der Waals surface area contributed by atoms with Crippen molar-refractivity contribution in [3.8, 4) is 6.07 Å². The molecule has 2 N–H and O–H groups in total. The molecule has 6 nitrogen and oxygen atoms in total. The van der Waals surface area contributed by atoms with Crippen LogP contribution in [0.5, 0.6) is 0 Å². The number of nitrogens with one attached hydrogen (secondary N) is 1. The normalized spacial score (nSPS) is 11.9. The van der Waals surface area contributed by atoms with Gasteiger partial charge in [-0.3, -0.25) is 10.1 Å². The first-order valence-corrected chi connectivity index (χ1v) is 6.03. The molecule has 1 atom stereocenters. The molecule has 0 aliphatic carbocycles. The maximum atomic E-state index is 10.7. The quantitative estimate of drug-likeness (QED) is 0.606. The monoisotopic (exact) mass is 263 g/mol. The molecule has 19 heavy (non-hydrogen) atoms. The van der Waals surface area contributed by atoms with Gasteiger partial charge in [-0.2, -0.15) is 5.26 Å². The summed E-state index contributed by atoms with van der Waals surface area (Å²) in [5.41, 5.74) is 0.399. The minimum atomic E-state index is -0.583.